The monoisotopic (exact) mass is 318 g/mol. The van der Waals surface area contributed by atoms with Gasteiger partial charge in [0.25, 0.3) is 0 Å². The molecule has 10 heteroatoms. The molecule has 114 valence electrons. The van der Waals surface area contributed by atoms with Gasteiger partial charge in [-0.3, -0.25) is 14.9 Å². The van der Waals surface area contributed by atoms with Crippen molar-refractivity contribution in [1.29, 1.82) is 0 Å². The average molecular weight is 318 g/mol. The molecular formula is C11H11FN2O6S. The maximum Gasteiger partial charge on any atom is 0.322 e. The molecule has 0 aromatic heterocycles. The van der Waals surface area contributed by atoms with E-state index in [1.807, 2.05) is 4.72 Å². The van der Waals surface area contributed by atoms with Crippen LogP contribution in [0, 0.1) is 15.9 Å². The number of hydrogen-bond donors (Lipinski definition) is 2. The first-order chi connectivity index (χ1) is 9.69. The number of carboxylic acids is 1. The first-order valence-electron chi connectivity index (χ1n) is 5.49. The maximum atomic E-state index is 13.4. The summed E-state index contributed by atoms with van der Waals surface area (Å²) in [6, 6.07) is 0.488. The summed E-state index contributed by atoms with van der Waals surface area (Å²) in [6.45, 7) is 3.30. The van der Waals surface area contributed by atoms with Gasteiger partial charge in [-0.05, 0) is 12.5 Å². The Labute approximate surface area is 119 Å². The van der Waals surface area contributed by atoms with Crippen LogP contribution < -0.4 is 4.72 Å². The number of nitro benzene ring substituents is 1. The predicted molar refractivity (Wildman–Crippen MR) is 69.6 cm³/mol. The minimum Gasteiger partial charge on any atom is -0.480 e. The van der Waals surface area contributed by atoms with Crippen molar-refractivity contribution in [3.8, 4) is 0 Å². The van der Waals surface area contributed by atoms with Crippen molar-refractivity contribution in [2.45, 2.75) is 17.4 Å². The Morgan fingerprint density at radius 3 is 2.62 bits per heavy atom. The third-order valence-electron chi connectivity index (χ3n) is 2.42. The zero-order chi connectivity index (χ0) is 16.2. The largest absolute Gasteiger partial charge is 0.480 e. The number of nitrogens with one attached hydrogen (secondary N) is 1. The zero-order valence-corrected chi connectivity index (χ0v) is 11.3. The van der Waals surface area contributed by atoms with Gasteiger partial charge in [-0.15, -0.1) is 6.58 Å². The van der Waals surface area contributed by atoms with Crippen LogP contribution in [-0.2, 0) is 14.8 Å². The number of hydrogen-bond acceptors (Lipinski definition) is 5. The van der Waals surface area contributed by atoms with Crippen molar-refractivity contribution < 1.29 is 27.6 Å². The van der Waals surface area contributed by atoms with E-state index in [0.29, 0.717) is 12.1 Å². The molecule has 0 aliphatic carbocycles. The number of aliphatic carboxylic acids is 1. The van der Waals surface area contributed by atoms with Crippen molar-refractivity contribution in [3.63, 3.8) is 0 Å². The number of nitro groups is 1. The lowest BCUT2D eigenvalue weighted by Crippen LogP contribution is -2.40. The van der Waals surface area contributed by atoms with E-state index in [1.165, 1.54) is 6.08 Å². The van der Waals surface area contributed by atoms with Gasteiger partial charge in [0.1, 0.15) is 6.04 Å². The highest BCUT2D eigenvalue weighted by Crippen LogP contribution is 2.21. The van der Waals surface area contributed by atoms with Gasteiger partial charge in [0.2, 0.25) is 15.8 Å². The first kappa shape index (κ1) is 16.7. The fourth-order valence-corrected chi connectivity index (χ4v) is 2.64. The minimum absolute atomic E-state index is 0.177. The van der Waals surface area contributed by atoms with Gasteiger partial charge in [0.15, 0.2) is 0 Å². The third kappa shape index (κ3) is 4.07. The summed E-state index contributed by atoms with van der Waals surface area (Å²) in [4.78, 5) is 19.7. The molecule has 0 aliphatic rings. The quantitative estimate of drug-likeness (QED) is 0.439. The van der Waals surface area contributed by atoms with Crippen molar-refractivity contribution in [1.82, 2.24) is 4.72 Å². The highest BCUT2D eigenvalue weighted by molar-refractivity contribution is 7.89. The van der Waals surface area contributed by atoms with Crippen LogP contribution in [0.3, 0.4) is 0 Å². The maximum absolute atomic E-state index is 13.4. The summed E-state index contributed by atoms with van der Waals surface area (Å²) >= 11 is 0. The average Bonchev–Trinajstić information content (AvgIpc) is 2.37. The molecular weight excluding hydrogens is 307 g/mol. The van der Waals surface area contributed by atoms with E-state index in [9.17, 15) is 27.7 Å². The molecule has 0 spiro atoms. The minimum atomic E-state index is -4.33. The molecule has 0 amide bonds. The Hall–Kier alpha value is -2.33. The number of rotatable bonds is 7. The van der Waals surface area contributed by atoms with Gasteiger partial charge >= 0.3 is 11.7 Å². The van der Waals surface area contributed by atoms with Crippen LogP contribution in [0.1, 0.15) is 6.42 Å². The second kappa shape index (κ2) is 6.41. The lowest BCUT2D eigenvalue weighted by Gasteiger charge is -2.13. The molecule has 0 saturated carbocycles. The van der Waals surface area contributed by atoms with E-state index in [4.69, 9.17) is 5.11 Å². The second-order valence-corrected chi connectivity index (χ2v) is 5.62. The number of carboxylic acid groups (broad SMARTS) is 1. The number of sulfonamides is 1. The fraction of sp³-hybridized carbons (Fsp3) is 0.182. The normalized spacial score (nSPS) is 12.6. The van der Waals surface area contributed by atoms with E-state index in [2.05, 4.69) is 6.58 Å². The molecule has 0 saturated heterocycles. The molecule has 0 bridgehead atoms. The molecule has 1 atom stereocenters. The summed E-state index contributed by atoms with van der Waals surface area (Å²) in [6.07, 6.45) is 1.03. The number of halogens is 1. The Bertz CT molecular complexity index is 688. The lowest BCUT2D eigenvalue weighted by atomic mass is 10.2. The van der Waals surface area contributed by atoms with Crippen LogP contribution in [0.15, 0.2) is 35.7 Å². The fourth-order valence-electron chi connectivity index (χ4n) is 1.42. The smallest absolute Gasteiger partial charge is 0.322 e. The number of benzene rings is 1. The van der Waals surface area contributed by atoms with E-state index in [-0.39, 0.29) is 6.42 Å². The second-order valence-electron chi connectivity index (χ2n) is 3.91. The Morgan fingerprint density at radius 2 is 2.19 bits per heavy atom. The van der Waals surface area contributed by atoms with Gasteiger partial charge in [-0.25, -0.2) is 8.42 Å². The molecule has 21 heavy (non-hydrogen) atoms. The van der Waals surface area contributed by atoms with E-state index in [0.717, 1.165) is 6.07 Å². The third-order valence-corrected chi connectivity index (χ3v) is 3.89. The lowest BCUT2D eigenvalue weighted by molar-refractivity contribution is -0.387. The number of carbonyl (C=O) groups is 1. The van der Waals surface area contributed by atoms with E-state index < -0.39 is 43.4 Å². The Balaban J connectivity index is 3.13. The molecule has 0 heterocycles. The van der Waals surface area contributed by atoms with Crippen molar-refractivity contribution in [2.75, 3.05) is 0 Å². The van der Waals surface area contributed by atoms with Crippen LogP contribution in [-0.4, -0.2) is 30.5 Å². The molecule has 0 aliphatic heterocycles. The molecule has 2 N–H and O–H groups in total. The first-order valence-corrected chi connectivity index (χ1v) is 6.97. The Morgan fingerprint density at radius 1 is 1.57 bits per heavy atom. The molecule has 0 fully saturated rings. The number of nitrogens with zero attached hydrogens (tertiary/aromatic N) is 1. The van der Waals surface area contributed by atoms with Gasteiger partial charge in [0, 0.05) is 12.1 Å². The zero-order valence-electron chi connectivity index (χ0n) is 10.5. The topological polar surface area (TPSA) is 127 Å². The van der Waals surface area contributed by atoms with Crippen LogP contribution in [0.4, 0.5) is 10.1 Å². The van der Waals surface area contributed by atoms with Crippen molar-refractivity contribution >= 4 is 21.7 Å². The van der Waals surface area contributed by atoms with Crippen LogP contribution in [0.5, 0.6) is 0 Å². The van der Waals surface area contributed by atoms with Crippen molar-refractivity contribution in [2.24, 2.45) is 0 Å². The van der Waals surface area contributed by atoms with Gasteiger partial charge in [0.05, 0.1) is 9.82 Å². The highest BCUT2D eigenvalue weighted by atomic mass is 32.2. The van der Waals surface area contributed by atoms with Gasteiger partial charge < -0.3 is 5.11 Å². The van der Waals surface area contributed by atoms with Gasteiger partial charge in [-0.2, -0.15) is 9.11 Å². The molecule has 0 radical (unpaired) electrons. The standard InChI is InChI=1S/C11H11FN2O6S/c1-2-3-9(11(15)16)13-21(19,20)7-4-5-10(14(17)18)8(12)6-7/h2,4-6,9,13H,1,3H2,(H,15,16). The van der Waals surface area contributed by atoms with Crippen LogP contribution in [0.2, 0.25) is 0 Å². The van der Waals surface area contributed by atoms with Crippen LogP contribution in [0.25, 0.3) is 0 Å². The van der Waals surface area contributed by atoms with E-state index >= 15 is 0 Å². The highest BCUT2D eigenvalue weighted by Gasteiger charge is 2.26. The SMILES string of the molecule is C=CCC(NS(=O)(=O)c1ccc([N+](=O)[O-])c(F)c1)C(=O)O. The van der Waals surface area contributed by atoms with Crippen molar-refractivity contribution in [3.05, 3.63) is 46.8 Å². The molecule has 1 aromatic carbocycles. The summed E-state index contributed by atoms with van der Waals surface area (Å²) in [7, 11) is -4.33. The Kier molecular flexibility index (Phi) is 5.11. The molecule has 1 unspecified atom stereocenters. The summed E-state index contributed by atoms with van der Waals surface area (Å²) in [5, 5.41) is 19.3. The molecule has 1 rings (SSSR count). The summed E-state index contributed by atoms with van der Waals surface area (Å²) < 4.78 is 39.1. The molecule has 8 nitrogen and oxygen atoms in total. The summed E-state index contributed by atoms with van der Waals surface area (Å²) in [5.41, 5.74) is -0.880. The molecule has 1 aromatic rings. The summed E-state index contributed by atoms with van der Waals surface area (Å²) in [5.74, 6) is -2.76. The van der Waals surface area contributed by atoms with Crippen LogP contribution >= 0.6 is 0 Å². The predicted octanol–water partition coefficient (Wildman–Crippen LogP) is 1.04. The van der Waals surface area contributed by atoms with E-state index in [1.54, 1.807) is 0 Å². The van der Waals surface area contributed by atoms with Gasteiger partial charge in [-0.1, -0.05) is 6.08 Å².